The second-order valence-corrected chi connectivity index (χ2v) is 7.04. The lowest BCUT2D eigenvalue weighted by atomic mass is 10.1. The van der Waals surface area contributed by atoms with Crippen molar-refractivity contribution in [2.24, 2.45) is 0 Å². The van der Waals surface area contributed by atoms with E-state index in [9.17, 15) is 4.79 Å². The third-order valence-corrected chi connectivity index (χ3v) is 4.85. The maximum absolute atomic E-state index is 12.5. The van der Waals surface area contributed by atoms with Crippen LogP contribution in [0.1, 0.15) is 26.3 Å². The monoisotopic (exact) mass is 425 g/mol. The number of hydrogen-bond donors (Lipinski definition) is 3. The van der Waals surface area contributed by atoms with Crippen LogP contribution >= 0.6 is 15.9 Å². The summed E-state index contributed by atoms with van der Waals surface area (Å²) in [6.45, 7) is 7.88. The first kappa shape index (κ1) is 19.4. The predicted octanol–water partition coefficient (Wildman–Crippen LogP) is 5.57. The van der Waals surface area contributed by atoms with E-state index < -0.39 is 0 Å². The van der Waals surface area contributed by atoms with Crippen molar-refractivity contribution in [1.82, 2.24) is 15.3 Å². The zero-order valence-corrected chi connectivity index (χ0v) is 17.4. The molecule has 0 aliphatic rings. The van der Waals surface area contributed by atoms with Gasteiger partial charge in [-0.2, -0.15) is 0 Å². The first-order valence-electron chi connectivity index (χ1n) is 9.29. The zero-order valence-electron chi connectivity index (χ0n) is 15.8. The summed E-state index contributed by atoms with van der Waals surface area (Å²) >= 11 is 3.48. The second kappa shape index (κ2) is 8.55. The van der Waals surface area contributed by atoms with Gasteiger partial charge in [-0.25, -0.2) is 0 Å². The summed E-state index contributed by atoms with van der Waals surface area (Å²) in [5.74, 6) is 0. The number of rotatable bonds is 4. The van der Waals surface area contributed by atoms with Crippen LogP contribution in [0.25, 0.3) is 33.1 Å². The Labute approximate surface area is 167 Å². The number of nitrogens with one attached hydrogen (secondary N) is 3. The smallest absolute Gasteiger partial charge is 0.257 e. The molecule has 140 valence electrons. The van der Waals surface area contributed by atoms with Gasteiger partial charge in [0.1, 0.15) is 0 Å². The van der Waals surface area contributed by atoms with Crippen molar-refractivity contribution in [3.63, 3.8) is 0 Å². The average molecular weight is 426 g/mol. The molecular formula is C22H24BrN3O. The van der Waals surface area contributed by atoms with Crippen LogP contribution in [0.4, 0.5) is 0 Å². The molecule has 2 aromatic heterocycles. The lowest BCUT2D eigenvalue weighted by molar-refractivity contribution is 0.727. The van der Waals surface area contributed by atoms with Crippen LogP contribution in [0.15, 0.2) is 57.8 Å². The normalized spacial score (nSPS) is 10.8. The molecule has 2 aromatic carbocycles. The number of benzene rings is 2. The highest BCUT2D eigenvalue weighted by Gasteiger charge is 2.09. The summed E-state index contributed by atoms with van der Waals surface area (Å²) in [5, 5.41) is 5.44. The molecule has 5 heteroatoms. The summed E-state index contributed by atoms with van der Waals surface area (Å²) in [7, 11) is 0. The van der Waals surface area contributed by atoms with E-state index in [2.05, 4.69) is 56.3 Å². The minimum Gasteiger partial charge on any atom is -0.354 e. The lowest BCUT2D eigenvalue weighted by Crippen LogP contribution is -2.11. The van der Waals surface area contributed by atoms with E-state index in [0.29, 0.717) is 5.56 Å². The molecule has 0 aliphatic carbocycles. The summed E-state index contributed by atoms with van der Waals surface area (Å²) in [6, 6.07) is 16.1. The quantitative estimate of drug-likeness (QED) is 0.399. The Morgan fingerprint density at radius 2 is 1.63 bits per heavy atom. The Morgan fingerprint density at radius 1 is 0.926 bits per heavy atom. The van der Waals surface area contributed by atoms with Crippen molar-refractivity contribution < 1.29 is 0 Å². The third kappa shape index (κ3) is 4.15. The van der Waals surface area contributed by atoms with Gasteiger partial charge in [-0.05, 0) is 54.6 Å². The summed E-state index contributed by atoms with van der Waals surface area (Å²) in [4.78, 5) is 18.8. The molecule has 0 saturated heterocycles. The van der Waals surface area contributed by atoms with Crippen LogP contribution in [0.2, 0.25) is 0 Å². The topological polar surface area (TPSA) is 60.7 Å². The van der Waals surface area contributed by atoms with Crippen LogP contribution in [0.3, 0.4) is 0 Å². The van der Waals surface area contributed by atoms with Crippen LogP contribution in [0, 0.1) is 0 Å². The van der Waals surface area contributed by atoms with Gasteiger partial charge in [-0.15, -0.1) is 0 Å². The molecule has 0 amide bonds. The molecule has 0 spiro atoms. The van der Waals surface area contributed by atoms with Gasteiger partial charge in [0, 0.05) is 32.8 Å². The largest absolute Gasteiger partial charge is 0.354 e. The molecule has 0 atom stereocenters. The molecule has 0 radical (unpaired) electrons. The van der Waals surface area contributed by atoms with E-state index in [1.165, 1.54) is 5.56 Å². The number of aromatic nitrogens is 2. The van der Waals surface area contributed by atoms with Crippen molar-refractivity contribution in [3.05, 3.63) is 68.9 Å². The summed E-state index contributed by atoms with van der Waals surface area (Å²) in [5.41, 5.74) is 4.49. The molecule has 0 aliphatic heterocycles. The molecule has 4 aromatic rings. The highest BCUT2D eigenvalue weighted by molar-refractivity contribution is 9.10. The van der Waals surface area contributed by atoms with Crippen LogP contribution in [-0.4, -0.2) is 16.5 Å². The lowest BCUT2D eigenvalue weighted by Gasteiger charge is -2.02. The highest BCUT2D eigenvalue weighted by Crippen LogP contribution is 2.26. The Kier molecular flexibility index (Phi) is 6.14. The van der Waals surface area contributed by atoms with Crippen molar-refractivity contribution in [3.8, 4) is 11.3 Å². The van der Waals surface area contributed by atoms with Crippen LogP contribution in [-0.2, 0) is 6.54 Å². The first-order chi connectivity index (χ1) is 13.1. The van der Waals surface area contributed by atoms with E-state index in [1.54, 1.807) is 0 Å². The Morgan fingerprint density at radius 3 is 2.41 bits per heavy atom. The highest BCUT2D eigenvalue weighted by atomic mass is 79.9. The second-order valence-electron chi connectivity index (χ2n) is 6.13. The predicted molar refractivity (Wildman–Crippen MR) is 118 cm³/mol. The molecule has 0 fully saturated rings. The van der Waals surface area contributed by atoms with Crippen molar-refractivity contribution >= 4 is 37.7 Å². The molecule has 0 unspecified atom stereocenters. The van der Waals surface area contributed by atoms with Crippen LogP contribution < -0.4 is 10.9 Å². The Bertz CT molecular complexity index is 1130. The van der Waals surface area contributed by atoms with Gasteiger partial charge in [-0.3, -0.25) is 4.79 Å². The van der Waals surface area contributed by atoms with Gasteiger partial charge < -0.3 is 15.3 Å². The fourth-order valence-corrected chi connectivity index (χ4v) is 3.46. The molecule has 0 saturated carbocycles. The number of hydrogen-bond acceptors (Lipinski definition) is 2. The number of pyridine rings is 1. The van der Waals surface area contributed by atoms with Crippen molar-refractivity contribution in [2.45, 2.75) is 27.3 Å². The Hall–Kier alpha value is -2.37. The Balaban J connectivity index is 0.00000102. The maximum Gasteiger partial charge on any atom is 0.257 e. The number of halogens is 1. The van der Waals surface area contributed by atoms with E-state index in [1.807, 2.05) is 44.2 Å². The van der Waals surface area contributed by atoms with Gasteiger partial charge >= 0.3 is 0 Å². The minimum absolute atomic E-state index is 0.0887. The van der Waals surface area contributed by atoms with Gasteiger partial charge in [0.25, 0.3) is 5.56 Å². The van der Waals surface area contributed by atoms with Gasteiger partial charge in [0.15, 0.2) is 0 Å². The van der Waals surface area contributed by atoms with E-state index in [0.717, 1.165) is 45.1 Å². The van der Waals surface area contributed by atoms with Crippen molar-refractivity contribution in [2.75, 3.05) is 6.54 Å². The van der Waals surface area contributed by atoms with Gasteiger partial charge in [0.05, 0.1) is 11.3 Å². The average Bonchev–Trinajstić information content (AvgIpc) is 3.10. The first-order valence-corrected chi connectivity index (χ1v) is 10.1. The fraction of sp³-hybridized carbons (Fsp3) is 0.227. The van der Waals surface area contributed by atoms with Gasteiger partial charge in [-0.1, -0.05) is 42.8 Å². The zero-order chi connectivity index (χ0) is 19.4. The van der Waals surface area contributed by atoms with E-state index in [-0.39, 0.29) is 5.56 Å². The molecular weight excluding hydrogens is 402 g/mol. The summed E-state index contributed by atoms with van der Waals surface area (Å²) < 4.78 is 0.989. The number of fused-ring (bicyclic) bond motifs is 2. The number of H-pyrrole nitrogens is 2. The molecule has 4 nitrogen and oxygen atoms in total. The van der Waals surface area contributed by atoms with Crippen molar-refractivity contribution in [1.29, 1.82) is 0 Å². The third-order valence-electron chi connectivity index (χ3n) is 4.36. The fourth-order valence-electron chi connectivity index (χ4n) is 3.08. The van der Waals surface area contributed by atoms with E-state index in [4.69, 9.17) is 0 Å². The molecule has 2 heterocycles. The van der Waals surface area contributed by atoms with Gasteiger partial charge in [0.2, 0.25) is 0 Å². The molecule has 4 rings (SSSR count). The number of aromatic amines is 2. The standard InChI is InChI=1S/C20H18BrN3O.C2H6/c1-2-22-11-12-3-5-17-13(7-12)10-19(23-17)16-9-14-8-15(21)4-6-18(14)24-20(16)25;1-2/h3-10,22-23H,2,11H2,1H3,(H,24,25);1-2H3. The van der Waals surface area contributed by atoms with Crippen LogP contribution in [0.5, 0.6) is 0 Å². The summed E-state index contributed by atoms with van der Waals surface area (Å²) in [6.07, 6.45) is 0. The minimum atomic E-state index is -0.0887. The SMILES string of the molecule is CC.CCNCc1ccc2[nH]c(-c3cc4cc(Br)ccc4[nH]c3=O)cc2c1. The van der Waals surface area contributed by atoms with E-state index >= 15 is 0 Å². The molecule has 27 heavy (non-hydrogen) atoms. The maximum atomic E-state index is 12.5. The molecule has 0 bridgehead atoms. The molecule has 3 N–H and O–H groups in total.